The van der Waals surface area contributed by atoms with Gasteiger partial charge in [0.05, 0.1) is 17.5 Å². The van der Waals surface area contributed by atoms with Gasteiger partial charge in [0.15, 0.2) is 5.69 Å². The van der Waals surface area contributed by atoms with Crippen molar-refractivity contribution in [3.8, 4) is 11.8 Å². The molecule has 0 bridgehead atoms. The van der Waals surface area contributed by atoms with Crippen LogP contribution in [-0.4, -0.2) is 33.0 Å². The molecule has 9 nitrogen and oxygen atoms in total. The molecule has 1 heterocycles. The van der Waals surface area contributed by atoms with Gasteiger partial charge in [-0.05, 0) is 36.8 Å². The Labute approximate surface area is 170 Å². The van der Waals surface area contributed by atoms with Crippen molar-refractivity contribution in [1.29, 1.82) is 5.26 Å². The van der Waals surface area contributed by atoms with Crippen molar-refractivity contribution in [3.63, 3.8) is 0 Å². The van der Waals surface area contributed by atoms with Gasteiger partial charge in [-0.2, -0.15) is 20.1 Å². The molecule has 2 N–H and O–H groups in total. The van der Waals surface area contributed by atoms with Gasteiger partial charge >= 0.3 is 5.97 Å². The Bertz CT molecular complexity index is 1240. The standard InChI is InChI=1S/C21H15N5O4/c1-13-17(11-22)20(28)26(16-5-3-2-4-6-16)25-18(13)19(27)24-23-12-14-7-9-15(10-8-14)21(29)30/h2-10,12H,1H3,(H,24,27)(H,29,30)/b23-12+. The van der Waals surface area contributed by atoms with Crippen LogP contribution in [0.4, 0.5) is 0 Å². The summed E-state index contributed by atoms with van der Waals surface area (Å²) in [7, 11) is 0. The molecule has 0 unspecified atom stereocenters. The second kappa shape index (κ2) is 8.62. The van der Waals surface area contributed by atoms with Crippen molar-refractivity contribution < 1.29 is 14.7 Å². The average Bonchev–Trinajstić information content (AvgIpc) is 2.75. The fourth-order valence-corrected chi connectivity index (χ4v) is 2.63. The molecule has 1 amide bonds. The lowest BCUT2D eigenvalue weighted by molar-refractivity contribution is 0.0696. The Morgan fingerprint density at radius 1 is 1.17 bits per heavy atom. The molecule has 0 aliphatic rings. The van der Waals surface area contributed by atoms with Crippen LogP contribution >= 0.6 is 0 Å². The molecule has 9 heteroatoms. The number of carboxylic acids is 1. The van der Waals surface area contributed by atoms with E-state index >= 15 is 0 Å². The van der Waals surface area contributed by atoms with Crippen LogP contribution in [0.25, 0.3) is 5.69 Å². The molecule has 1 aromatic heterocycles. The van der Waals surface area contributed by atoms with E-state index in [1.54, 1.807) is 30.3 Å². The molecule has 0 aliphatic heterocycles. The van der Waals surface area contributed by atoms with E-state index in [1.165, 1.54) is 37.4 Å². The number of carbonyl (C=O) groups is 2. The highest BCUT2D eigenvalue weighted by Crippen LogP contribution is 2.10. The van der Waals surface area contributed by atoms with Crippen molar-refractivity contribution in [3.05, 3.63) is 92.9 Å². The molecule has 0 radical (unpaired) electrons. The molecular weight excluding hydrogens is 386 g/mol. The van der Waals surface area contributed by atoms with Gasteiger partial charge in [-0.15, -0.1) is 0 Å². The summed E-state index contributed by atoms with van der Waals surface area (Å²) in [6.07, 6.45) is 1.33. The Hall–Kier alpha value is -4.58. The number of para-hydroxylation sites is 1. The van der Waals surface area contributed by atoms with Gasteiger partial charge in [-0.25, -0.2) is 10.2 Å². The second-order valence-corrected chi connectivity index (χ2v) is 6.14. The van der Waals surface area contributed by atoms with Crippen molar-refractivity contribution in [2.24, 2.45) is 5.10 Å². The minimum Gasteiger partial charge on any atom is -0.478 e. The van der Waals surface area contributed by atoms with Gasteiger partial charge in [0.1, 0.15) is 11.6 Å². The Morgan fingerprint density at radius 3 is 2.43 bits per heavy atom. The predicted molar refractivity (Wildman–Crippen MR) is 108 cm³/mol. The van der Waals surface area contributed by atoms with Crippen LogP contribution in [0.15, 0.2) is 64.5 Å². The van der Waals surface area contributed by atoms with E-state index in [1.807, 2.05) is 6.07 Å². The number of hydrogen-bond donors (Lipinski definition) is 2. The maximum Gasteiger partial charge on any atom is 0.335 e. The Kier molecular flexibility index (Phi) is 5.79. The maximum absolute atomic E-state index is 12.6. The zero-order valence-electron chi connectivity index (χ0n) is 15.7. The van der Waals surface area contributed by atoms with E-state index in [9.17, 15) is 19.6 Å². The number of amides is 1. The summed E-state index contributed by atoms with van der Waals surface area (Å²) in [4.78, 5) is 36.0. The summed E-state index contributed by atoms with van der Waals surface area (Å²) in [6.45, 7) is 1.46. The summed E-state index contributed by atoms with van der Waals surface area (Å²) in [6, 6.07) is 16.1. The van der Waals surface area contributed by atoms with Gasteiger partial charge in [-0.1, -0.05) is 30.3 Å². The molecule has 3 rings (SSSR count). The van der Waals surface area contributed by atoms with Gasteiger partial charge in [0, 0.05) is 5.56 Å². The fraction of sp³-hybridized carbons (Fsp3) is 0.0476. The number of aromatic nitrogens is 2. The lowest BCUT2D eigenvalue weighted by atomic mass is 10.1. The van der Waals surface area contributed by atoms with Crippen molar-refractivity contribution in [1.82, 2.24) is 15.2 Å². The minimum absolute atomic E-state index is 0.117. The largest absolute Gasteiger partial charge is 0.478 e. The van der Waals surface area contributed by atoms with E-state index in [0.717, 1.165) is 4.68 Å². The van der Waals surface area contributed by atoms with Crippen LogP contribution in [0, 0.1) is 18.3 Å². The molecule has 148 valence electrons. The average molecular weight is 401 g/mol. The lowest BCUT2D eigenvalue weighted by Gasteiger charge is -2.10. The Morgan fingerprint density at radius 2 is 1.83 bits per heavy atom. The monoisotopic (exact) mass is 401 g/mol. The van der Waals surface area contributed by atoms with Gasteiger partial charge in [-0.3, -0.25) is 9.59 Å². The number of nitriles is 1. The molecular formula is C21H15N5O4. The first kappa shape index (κ1) is 20.2. The van der Waals surface area contributed by atoms with Crippen molar-refractivity contribution in [2.75, 3.05) is 0 Å². The maximum atomic E-state index is 12.6. The van der Waals surface area contributed by atoms with E-state index < -0.39 is 17.4 Å². The van der Waals surface area contributed by atoms with Crippen LogP contribution in [-0.2, 0) is 0 Å². The number of benzene rings is 2. The number of rotatable bonds is 5. The minimum atomic E-state index is -1.05. The number of nitrogens with one attached hydrogen (secondary N) is 1. The van der Waals surface area contributed by atoms with Crippen molar-refractivity contribution in [2.45, 2.75) is 6.92 Å². The molecule has 0 atom stereocenters. The topological polar surface area (TPSA) is 137 Å². The normalized spacial score (nSPS) is 10.5. The van der Waals surface area contributed by atoms with Crippen LogP contribution in [0.3, 0.4) is 0 Å². The molecule has 0 fully saturated rings. The molecule has 0 aliphatic carbocycles. The SMILES string of the molecule is Cc1c(C(=O)N/N=C/c2ccc(C(=O)O)cc2)nn(-c2ccccc2)c(=O)c1C#N. The number of nitrogens with zero attached hydrogens (tertiary/aromatic N) is 4. The highest BCUT2D eigenvalue weighted by molar-refractivity contribution is 5.95. The summed E-state index contributed by atoms with van der Waals surface area (Å²) < 4.78 is 0.995. The molecule has 0 spiro atoms. The molecule has 3 aromatic rings. The first-order valence-corrected chi connectivity index (χ1v) is 8.68. The van der Waals surface area contributed by atoms with E-state index in [0.29, 0.717) is 11.3 Å². The van der Waals surface area contributed by atoms with Crippen LogP contribution in [0.5, 0.6) is 0 Å². The molecule has 30 heavy (non-hydrogen) atoms. The van der Waals surface area contributed by atoms with Gasteiger partial charge in [0.2, 0.25) is 0 Å². The van der Waals surface area contributed by atoms with E-state index in [4.69, 9.17) is 5.11 Å². The number of carbonyl (C=O) groups excluding carboxylic acids is 1. The van der Waals surface area contributed by atoms with Gasteiger partial charge < -0.3 is 5.11 Å². The van der Waals surface area contributed by atoms with Crippen LogP contribution in [0.2, 0.25) is 0 Å². The number of carboxylic acid groups (broad SMARTS) is 1. The van der Waals surface area contributed by atoms with E-state index in [2.05, 4.69) is 15.6 Å². The van der Waals surface area contributed by atoms with E-state index in [-0.39, 0.29) is 22.4 Å². The predicted octanol–water partition coefficient (Wildman–Crippen LogP) is 1.87. The third-order valence-corrected chi connectivity index (χ3v) is 4.20. The van der Waals surface area contributed by atoms with Gasteiger partial charge in [0.25, 0.3) is 11.5 Å². The lowest BCUT2D eigenvalue weighted by Crippen LogP contribution is -2.31. The molecule has 2 aromatic carbocycles. The zero-order valence-corrected chi connectivity index (χ0v) is 15.7. The first-order chi connectivity index (χ1) is 14.4. The first-order valence-electron chi connectivity index (χ1n) is 8.68. The third-order valence-electron chi connectivity index (χ3n) is 4.20. The number of aromatic carboxylic acids is 1. The molecule has 0 saturated carbocycles. The van der Waals surface area contributed by atoms with Crippen LogP contribution in [0.1, 0.15) is 37.5 Å². The molecule has 0 saturated heterocycles. The summed E-state index contributed by atoms with van der Waals surface area (Å²) in [5.41, 5.74) is 2.62. The smallest absolute Gasteiger partial charge is 0.335 e. The number of hydrazone groups is 1. The Balaban J connectivity index is 1.89. The third kappa shape index (κ3) is 4.13. The van der Waals surface area contributed by atoms with Crippen molar-refractivity contribution >= 4 is 18.1 Å². The fourth-order valence-electron chi connectivity index (χ4n) is 2.63. The summed E-state index contributed by atoms with van der Waals surface area (Å²) in [5.74, 6) is -1.75. The highest BCUT2D eigenvalue weighted by Gasteiger charge is 2.20. The zero-order chi connectivity index (χ0) is 21.7. The number of hydrogen-bond acceptors (Lipinski definition) is 6. The quantitative estimate of drug-likeness (QED) is 0.494. The summed E-state index contributed by atoms with van der Waals surface area (Å²) in [5, 5.41) is 26.2. The van der Waals surface area contributed by atoms with Crippen LogP contribution < -0.4 is 11.0 Å². The second-order valence-electron chi connectivity index (χ2n) is 6.14. The highest BCUT2D eigenvalue weighted by atomic mass is 16.4. The summed E-state index contributed by atoms with van der Waals surface area (Å²) >= 11 is 0.